The van der Waals surface area contributed by atoms with Gasteiger partial charge in [-0.3, -0.25) is 0 Å². The molecule has 0 spiro atoms. The van der Waals surface area contributed by atoms with Gasteiger partial charge >= 0.3 is 0 Å². The summed E-state index contributed by atoms with van der Waals surface area (Å²) in [6.07, 6.45) is 2.56. The number of nitriles is 1. The number of nitrogens with one attached hydrogen (secondary N) is 1. The second kappa shape index (κ2) is 11.3. The summed E-state index contributed by atoms with van der Waals surface area (Å²) in [6.45, 7) is 13.7. The van der Waals surface area contributed by atoms with Gasteiger partial charge in [0.25, 0.3) is 0 Å². The van der Waals surface area contributed by atoms with E-state index < -0.39 is 0 Å². The Hall–Kier alpha value is -0.200. The van der Waals surface area contributed by atoms with Gasteiger partial charge in [0, 0.05) is 12.1 Å². The molecule has 16 heavy (non-hydrogen) atoms. The minimum atomic E-state index is 0.661. The molecule has 3 heteroatoms. The fourth-order valence-electron chi connectivity index (χ4n) is 2.04. The van der Waals surface area contributed by atoms with Gasteiger partial charge in [-0.15, -0.1) is 0 Å². The van der Waals surface area contributed by atoms with Crippen molar-refractivity contribution in [2.75, 3.05) is 0 Å². The van der Waals surface area contributed by atoms with Crippen molar-refractivity contribution >= 4 is 12.6 Å². The third kappa shape index (κ3) is 16.2. The number of nitrogens with zero attached hydrogens (tertiary/aromatic N) is 1. The zero-order valence-electron chi connectivity index (χ0n) is 11.6. The maximum Gasteiger partial charge on any atom is 0.130 e. The SMILES string of the molecule is CC(C)CC(C)NC(C)CC(C)C.N#CS. The Morgan fingerprint density at radius 2 is 1.19 bits per heavy atom. The monoisotopic (exact) mass is 244 g/mol. The molecular formula is C13H28N2S. The van der Waals surface area contributed by atoms with E-state index in [1.54, 1.807) is 0 Å². The third-order valence-electron chi connectivity index (χ3n) is 2.22. The summed E-state index contributed by atoms with van der Waals surface area (Å²) in [4.78, 5) is 0. The van der Waals surface area contributed by atoms with Crippen molar-refractivity contribution in [2.24, 2.45) is 11.8 Å². The second-order valence-electron chi connectivity index (χ2n) is 5.33. The summed E-state index contributed by atoms with van der Waals surface area (Å²) in [5.74, 6) is 1.60. The van der Waals surface area contributed by atoms with Crippen LogP contribution < -0.4 is 5.32 Å². The maximum absolute atomic E-state index is 7.18. The number of hydrogen-bond acceptors (Lipinski definition) is 3. The van der Waals surface area contributed by atoms with Crippen LogP contribution in [-0.4, -0.2) is 12.1 Å². The van der Waals surface area contributed by atoms with Crippen LogP contribution in [0.3, 0.4) is 0 Å². The van der Waals surface area contributed by atoms with Crippen molar-refractivity contribution in [3.63, 3.8) is 0 Å². The van der Waals surface area contributed by atoms with E-state index in [0.717, 1.165) is 11.8 Å². The first-order chi connectivity index (χ1) is 7.33. The Bertz CT molecular complexity index is 171. The lowest BCUT2D eigenvalue weighted by atomic mass is 10.0. The van der Waals surface area contributed by atoms with Crippen LogP contribution in [-0.2, 0) is 0 Å². The Labute approximate surface area is 107 Å². The van der Waals surface area contributed by atoms with Crippen LogP contribution in [0.5, 0.6) is 0 Å². The molecule has 0 saturated heterocycles. The molecule has 0 aromatic rings. The van der Waals surface area contributed by atoms with Crippen LogP contribution in [0.25, 0.3) is 0 Å². The first kappa shape index (κ1) is 18.2. The van der Waals surface area contributed by atoms with Crippen LogP contribution in [0.1, 0.15) is 54.4 Å². The topological polar surface area (TPSA) is 35.8 Å². The van der Waals surface area contributed by atoms with Crippen LogP contribution >= 0.6 is 12.6 Å². The van der Waals surface area contributed by atoms with Crippen molar-refractivity contribution in [1.29, 1.82) is 5.26 Å². The Balaban J connectivity index is 0. The molecule has 0 saturated carbocycles. The summed E-state index contributed by atoms with van der Waals surface area (Å²) in [5, 5.41) is 12.3. The molecule has 96 valence electrons. The third-order valence-corrected chi connectivity index (χ3v) is 2.22. The minimum Gasteiger partial charge on any atom is -0.312 e. The molecule has 0 rings (SSSR count). The van der Waals surface area contributed by atoms with Crippen molar-refractivity contribution < 1.29 is 0 Å². The van der Waals surface area contributed by atoms with Gasteiger partial charge in [-0.05, 0) is 38.5 Å². The normalized spacial score (nSPS) is 14.0. The summed E-state index contributed by atoms with van der Waals surface area (Å²) in [6, 6.07) is 1.32. The molecule has 0 heterocycles. The summed E-state index contributed by atoms with van der Waals surface area (Å²) < 4.78 is 0. The molecule has 0 fully saturated rings. The smallest absolute Gasteiger partial charge is 0.130 e. The maximum atomic E-state index is 7.18. The van der Waals surface area contributed by atoms with E-state index in [1.165, 1.54) is 18.2 Å². The average molecular weight is 244 g/mol. The molecule has 2 atom stereocenters. The number of thiol groups is 1. The van der Waals surface area contributed by atoms with Gasteiger partial charge in [-0.25, -0.2) is 0 Å². The molecule has 1 N–H and O–H groups in total. The van der Waals surface area contributed by atoms with Gasteiger partial charge in [0.15, 0.2) is 0 Å². The molecular weight excluding hydrogens is 216 g/mol. The highest BCUT2D eigenvalue weighted by Gasteiger charge is 2.09. The van der Waals surface area contributed by atoms with E-state index >= 15 is 0 Å². The van der Waals surface area contributed by atoms with Gasteiger partial charge in [0.1, 0.15) is 5.40 Å². The van der Waals surface area contributed by atoms with E-state index in [9.17, 15) is 0 Å². The first-order valence-corrected chi connectivity index (χ1v) is 6.57. The van der Waals surface area contributed by atoms with E-state index in [0.29, 0.717) is 12.1 Å². The van der Waals surface area contributed by atoms with Crippen LogP contribution in [0.4, 0.5) is 0 Å². The van der Waals surface area contributed by atoms with E-state index in [-0.39, 0.29) is 0 Å². The molecule has 0 aromatic heterocycles. The van der Waals surface area contributed by atoms with Crippen molar-refractivity contribution in [1.82, 2.24) is 5.32 Å². The van der Waals surface area contributed by atoms with Crippen molar-refractivity contribution in [3.05, 3.63) is 0 Å². The molecule has 0 bridgehead atoms. The van der Waals surface area contributed by atoms with Crippen molar-refractivity contribution in [3.8, 4) is 5.40 Å². The van der Waals surface area contributed by atoms with E-state index in [4.69, 9.17) is 5.26 Å². The Morgan fingerprint density at radius 1 is 0.938 bits per heavy atom. The van der Waals surface area contributed by atoms with Gasteiger partial charge in [-0.1, -0.05) is 40.3 Å². The molecule has 0 aromatic carbocycles. The standard InChI is InChI=1S/C12H27N.CHNS/c1-9(2)7-11(5)13-12(6)8-10(3)4;2-1-3/h9-13H,7-8H2,1-6H3;3H. The van der Waals surface area contributed by atoms with Crippen LogP contribution in [0.15, 0.2) is 0 Å². The van der Waals surface area contributed by atoms with E-state index in [2.05, 4.69) is 59.5 Å². The molecule has 0 amide bonds. The molecule has 2 unspecified atom stereocenters. The van der Waals surface area contributed by atoms with Crippen LogP contribution in [0, 0.1) is 22.5 Å². The number of rotatable bonds is 6. The van der Waals surface area contributed by atoms with Gasteiger partial charge in [-0.2, -0.15) is 5.26 Å². The van der Waals surface area contributed by atoms with Gasteiger partial charge in [0.2, 0.25) is 0 Å². The average Bonchev–Trinajstić information content (AvgIpc) is 2.00. The lowest BCUT2D eigenvalue weighted by Gasteiger charge is -2.22. The zero-order valence-corrected chi connectivity index (χ0v) is 12.5. The predicted octanol–water partition coefficient (Wildman–Crippen LogP) is 3.84. The molecule has 0 aliphatic heterocycles. The first-order valence-electron chi connectivity index (χ1n) is 6.12. The highest BCUT2D eigenvalue weighted by molar-refractivity contribution is 7.85. The highest BCUT2D eigenvalue weighted by Crippen LogP contribution is 2.08. The Morgan fingerprint density at radius 3 is 1.38 bits per heavy atom. The minimum absolute atomic E-state index is 0.661. The zero-order chi connectivity index (χ0) is 13.1. The largest absolute Gasteiger partial charge is 0.312 e. The second-order valence-corrected chi connectivity index (χ2v) is 5.53. The fraction of sp³-hybridized carbons (Fsp3) is 0.923. The van der Waals surface area contributed by atoms with Crippen molar-refractivity contribution in [2.45, 2.75) is 66.5 Å². The molecule has 0 radical (unpaired) electrons. The fourth-order valence-corrected chi connectivity index (χ4v) is 2.04. The van der Waals surface area contributed by atoms with Crippen LogP contribution in [0.2, 0.25) is 0 Å². The quantitative estimate of drug-likeness (QED) is 0.550. The number of thiocyanates is 1. The summed E-state index contributed by atoms with van der Waals surface area (Å²) in [5.41, 5.74) is 0. The highest BCUT2D eigenvalue weighted by atomic mass is 32.1. The van der Waals surface area contributed by atoms with Gasteiger partial charge in [0.05, 0.1) is 0 Å². The summed E-state index contributed by atoms with van der Waals surface area (Å²) >= 11 is 3.09. The lowest BCUT2D eigenvalue weighted by Crippen LogP contribution is -2.36. The lowest BCUT2D eigenvalue weighted by molar-refractivity contribution is 0.365. The molecule has 2 nitrogen and oxygen atoms in total. The van der Waals surface area contributed by atoms with E-state index in [1.807, 2.05) is 0 Å². The Kier molecular flexibility index (Phi) is 12.8. The molecule has 0 aliphatic rings. The molecule has 0 aliphatic carbocycles. The summed E-state index contributed by atoms with van der Waals surface area (Å²) in [7, 11) is 0. The predicted molar refractivity (Wildman–Crippen MR) is 75.6 cm³/mol. The van der Waals surface area contributed by atoms with Gasteiger partial charge < -0.3 is 5.32 Å². The number of hydrogen-bond donors (Lipinski definition) is 2.